The third-order valence-corrected chi connectivity index (χ3v) is 2.54. The predicted molar refractivity (Wildman–Crippen MR) is 80.8 cm³/mol. The molecule has 0 radical (unpaired) electrons. The van der Waals surface area contributed by atoms with E-state index in [1.807, 2.05) is 13.8 Å². The van der Waals surface area contributed by atoms with Crippen LogP contribution in [0.4, 0.5) is 5.69 Å². The fourth-order valence-corrected chi connectivity index (χ4v) is 1.51. The summed E-state index contributed by atoms with van der Waals surface area (Å²) in [5.41, 5.74) is 6.46. The fraction of sp³-hybridized carbons (Fsp3) is 0.500. The SMILES string of the molecule is CCCNC(C)(C)COC(=O)c1cccc(N)c1.Cl. The van der Waals surface area contributed by atoms with E-state index in [2.05, 4.69) is 12.2 Å². The van der Waals surface area contributed by atoms with Crippen molar-refractivity contribution >= 4 is 24.1 Å². The van der Waals surface area contributed by atoms with Crippen molar-refractivity contribution < 1.29 is 9.53 Å². The van der Waals surface area contributed by atoms with Crippen LogP contribution in [0.3, 0.4) is 0 Å². The average molecular weight is 287 g/mol. The second-order valence-electron chi connectivity index (χ2n) is 5.01. The number of carbonyl (C=O) groups excluding carboxylic acids is 1. The first-order valence-electron chi connectivity index (χ1n) is 6.22. The highest BCUT2D eigenvalue weighted by Gasteiger charge is 2.19. The van der Waals surface area contributed by atoms with Gasteiger partial charge in [-0.1, -0.05) is 13.0 Å². The largest absolute Gasteiger partial charge is 0.460 e. The monoisotopic (exact) mass is 286 g/mol. The number of rotatable bonds is 6. The van der Waals surface area contributed by atoms with Gasteiger partial charge in [-0.05, 0) is 45.0 Å². The Balaban J connectivity index is 0.00000324. The van der Waals surface area contributed by atoms with Crippen LogP contribution in [0.5, 0.6) is 0 Å². The summed E-state index contributed by atoms with van der Waals surface area (Å²) in [6.45, 7) is 7.36. The lowest BCUT2D eigenvalue weighted by Gasteiger charge is -2.25. The van der Waals surface area contributed by atoms with Crippen molar-refractivity contribution in [1.82, 2.24) is 5.32 Å². The molecule has 0 unspecified atom stereocenters. The lowest BCUT2D eigenvalue weighted by molar-refractivity contribution is 0.0401. The van der Waals surface area contributed by atoms with Gasteiger partial charge < -0.3 is 15.8 Å². The molecule has 19 heavy (non-hydrogen) atoms. The van der Waals surface area contributed by atoms with Crippen LogP contribution in [-0.2, 0) is 4.74 Å². The van der Waals surface area contributed by atoms with Crippen molar-refractivity contribution in [3.05, 3.63) is 29.8 Å². The normalized spacial score (nSPS) is 10.7. The van der Waals surface area contributed by atoms with Gasteiger partial charge in [-0.15, -0.1) is 12.4 Å². The number of halogens is 1. The molecule has 0 fully saturated rings. The molecule has 0 aliphatic rings. The zero-order valence-electron chi connectivity index (χ0n) is 11.7. The van der Waals surface area contributed by atoms with Crippen LogP contribution in [0.15, 0.2) is 24.3 Å². The minimum Gasteiger partial charge on any atom is -0.460 e. The Morgan fingerprint density at radius 3 is 2.68 bits per heavy atom. The molecule has 0 bridgehead atoms. The zero-order chi connectivity index (χ0) is 13.6. The van der Waals surface area contributed by atoms with Gasteiger partial charge >= 0.3 is 5.97 Å². The van der Waals surface area contributed by atoms with Crippen LogP contribution < -0.4 is 11.1 Å². The van der Waals surface area contributed by atoms with E-state index in [0.717, 1.165) is 13.0 Å². The van der Waals surface area contributed by atoms with E-state index in [4.69, 9.17) is 10.5 Å². The maximum atomic E-state index is 11.8. The summed E-state index contributed by atoms with van der Waals surface area (Å²) in [5, 5.41) is 3.32. The molecule has 5 heteroatoms. The third-order valence-electron chi connectivity index (χ3n) is 2.54. The molecule has 3 N–H and O–H groups in total. The van der Waals surface area contributed by atoms with Crippen LogP contribution in [-0.4, -0.2) is 24.7 Å². The van der Waals surface area contributed by atoms with E-state index in [-0.39, 0.29) is 23.9 Å². The first-order chi connectivity index (χ1) is 8.44. The Labute approximate surface area is 121 Å². The second-order valence-corrected chi connectivity index (χ2v) is 5.01. The lowest BCUT2D eigenvalue weighted by atomic mass is 10.1. The fourth-order valence-electron chi connectivity index (χ4n) is 1.51. The molecule has 1 aromatic rings. The van der Waals surface area contributed by atoms with Crippen molar-refractivity contribution in [2.75, 3.05) is 18.9 Å². The molecule has 0 atom stereocenters. The minimum absolute atomic E-state index is 0. The topological polar surface area (TPSA) is 64.3 Å². The summed E-state index contributed by atoms with van der Waals surface area (Å²) < 4.78 is 5.29. The molecule has 0 spiro atoms. The highest BCUT2D eigenvalue weighted by Crippen LogP contribution is 2.10. The molecular weight excluding hydrogens is 264 g/mol. The number of ether oxygens (including phenoxy) is 1. The number of esters is 1. The molecule has 1 aromatic carbocycles. The van der Waals surface area contributed by atoms with E-state index in [1.54, 1.807) is 24.3 Å². The van der Waals surface area contributed by atoms with E-state index in [9.17, 15) is 4.79 Å². The standard InChI is InChI=1S/C14H22N2O2.ClH/c1-4-8-16-14(2,3)10-18-13(17)11-6-5-7-12(15)9-11;/h5-7,9,16H,4,8,10,15H2,1-3H3;1H. The van der Waals surface area contributed by atoms with Gasteiger partial charge in [-0.2, -0.15) is 0 Å². The number of nitrogen functional groups attached to an aromatic ring is 1. The van der Waals surface area contributed by atoms with Gasteiger partial charge in [-0.3, -0.25) is 0 Å². The molecule has 0 aliphatic heterocycles. The zero-order valence-corrected chi connectivity index (χ0v) is 12.5. The molecular formula is C14H23ClN2O2. The van der Waals surface area contributed by atoms with Crippen LogP contribution in [0.1, 0.15) is 37.6 Å². The smallest absolute Gasteiger partial charge is 0.338 e. The van der Waals surface area contributed by atoms with Crippen LogP contribution in [0.2, 0.25) is 0 Å². The van der Waals surface area contributed by atoms with Crippen molar-refractivity contribution in [2.24, 2.45) is 0 Å². The molecule has 0 aromatic heterocycles. The quantitative estimate of drug-likeness (QED) is 0.623. The van der Waals surface area contributed by atoms with E-state index < -0.39 is 0 Å². The second kappa shape index (κ2) is 8.02. The summed E-state index contributed by atoms with van der Waals surface area (Å²) in [5.74, 6) is -0.339. The van der Waals surface area contributed by atoms with E-state index in [1.165, 1.54) is 0 Å². The van der Waals surface area contributed by atoms with Gasteiger partial charge in [0.05, 0.1) is 5.56 Å². The summed E-state index contributed by atoms with van der Waals surface area (Å²) in [6, 6.07) is 6.80. The first-order valence-corrected chi connectivity index (χ1v) is 6.22. The van der Waals surface area contributed by atoms with Crippen molar-refractivity contribution in [1.29, 1.82) is 0 Å². The highest BCUT2D eigenvalue weighted by molar-refractivity contribution is 5.90. The third kappa shape index (κ3) is 6.45. The van der Waals surface area contributed by atoms with Gasteiger partial charge in [0.25, 0.3) is 0 Å². The van der Waals surface area contributed by atoms with Crippen molar-refractivity contribution in [3.8, 4) is 0 Å². The summed E-state index contributed by atoms with van der Waals surface area (Å²) in [6.07, 6.45) is 1.05. The molecule has 0 saturated heterocycles. The van der Waals surface area contributed by atoms with Crippen molar-refractivity contribution in [2.45, 2.75) is 32.7 Å². The van der Waals surface area contributed by atoms with Crippen LogP contribution in [0, 0.1) is 0 Å². The molecule has 108 valence electrons. The number of benzene rings is 1. The molecule has 0 aliphatic carbocycles. The number of carbonyl (C=O) groups is 1. The number of nitrogens with two attached hydrogens (primary N) is 1. The first kappa shape index (κ1) is 17.7. The summed E-state index contributed by atoms with van der Waals surface area (Å²) in [4.78, 5) is 11.8. The van der Waals surface area contributed by atoms with Gasteiger partial charge in [-0.25, -0.2) is 4.79 Å². The molecule has 1 rings (SSSR count). The summed E-state index contributed by atoms with van der Waals surface area (Å²) >= 11 is 0. The Kier molecular flexibility index (Phi) is 7.49. The maximum absolute atomic E-state index is 11.8. The molecule has 0 heterocycles. The van der Waals surface area contributed by atoms with E-state index >= 15 is 0 Å². The lowest BCUT2D eigenvalue weighted by Crippen LogP contribution is -2.44. The highest BCUT2D eigenvalue weighted by atomic mass is 35.5. The molecule has 0 amide bonds. The number of hydrogen-bond donors (Lipinski definition) is 2. The molecule has 0 saturated carbocycles. The molecule has 4 nitrogen and oxygen atoms in total. The Morgan fingerprint density at radius 1 is 1.42 bits per heavy atom. The van der Waals surface area contributed by atoms with Gasteiger partial charge in [0, 0.05) is 11.2 Å². The van der Waals surface area contributed by atoms with Crippen molar-refractivity contribution in [3.63, 3.8) is 0 Å². The Hall–Kier alpha value is -1.26. The average Bonchev–Trinajstić information content (AvgIpc) is 2.34. The van der Waals surface area contributed by atoms with Crippen LogP contribution >= 0.6 is 12.4 Å². The predicted octanol–water partition coefficient (Wildman–Crippen LogP) is 2.63. The van der Waals surface area contributed by atoms with E-state index in [0.29, 0.717) is 17.9 Å². The Bertz CT molecular complexity index is 408. The summed E-state index contributed by atoms with van der Waals surface area (Å²) in [7, 11) is 0. The number of hydrogen-bond acceptors (Lipinski definition) is 4. The minimum atomic E-state index is -0.339. The van der Waals surface area contributed by atoms with Gasteiger partial charge in [0.2, 0.25) is 0 Å². The maximum Gasteiger partial charge on any atom is 0.338 e. The van der Waals surface area contributed by atoms with Crippen LogP contribution in [0.25, 0.3) is 0 Å². The van der Waals surface area contributed by atoms with Gasteiger partial charge in [0.15, 0.2) is 0 Å². The number of nitrogens with one attached hydrogen (secondary N) is 1. The number of anilines is 1. The Morgan fingerprint density at radius 2 is 2.11 bits per heavy atom. The van der Waals surface area contributed by atoms with Gasteiger partial charge in [0.1, 0.15) is 6.61 Å².